The van der Waals surface area contributed by atoms with Crippen molar-refractivity contribution in [2.24, 2.45) is 7.05 Å². The number of hydrogen-bond acceptors (Lipinski definition) is 9. The van der Waals surface area contributed by atoms with E-state index in [0.717, 1.165) is 81.4 Å². The minimum absolute atomic E-state index is 0.200. The molecule has 2 aromatic heterocycles. The molecule has 11 heteroatoms. The van der Waals surface area contributed by atoms with Crippen molar-refractivity contribution in [3.63, 3.8) is 0 Å². The molecule has 4 heterocycles. The molecule has 0 bridgehead atoms. The van der Waals surface area contributed by atoms with Crippen LogP contribution in [0.15, 0.2) is 10.2 Å². The number of aryl methyl sites for hydroxylation is 1. The molecule has 0 saturated carbocycles. The molecule has 2 aliphatic rings. The van der Waals surface area contributed by atoms with Gasteiger partial charge in [0.05, 0.1) is 51.0 Å². The Morgan fingerprint density at radius 3 is 2.00 bits per heavy atom. The summed E-state index contributed by atoms with van der Waals surface area (Å²) in [7, 11) is 1.98. The first-order chi connectivity index (χ1) is 16.2. The molecule has 0 unspecified atom stereocenters. The largest absolute Gasteiger partial charge is 0.379 e. The second kappa shape index (κ2) is 12.8. The minimum atomic E-state index is 0.200. The van der Waals surface area contributed by atoms with E-state index in [0.29, 0.717) is 17.2 Å². The Labute approximate surface area is 208 Å². The van der Waals surface area contributed by atoms with Gasteiger partial charge >= 0.3 is 0 Å². The van der Waals surface area contributed by atoms with Crippen LogP contribution in [-0.2, 0) is 16.5 Å². The number of halogens is 1. The van der Waals surface area contributed by atoms with Crippen LogP contribution in [0.5, 0.6) is 0 Å². The normalized spacial score (nSPS) is 17.4. The Morgan fingerprint density at radius 2 is 1.39 bits per heavy atom. The average molecular weight is 507 g/mol. The lowest BCUT2D eigenvalue weighted by Crippen LogP contribution is -2.36. The van der Waals surface area contributed by atoms with Crippen LogP contribution in [0.3, 0.4) is 0 Å². The summed E-state index contributed by atoms with van der Waals surface area (Å²) in [4.78, 5) is 18.0. The molecule has 0 aliphatic carbocycles. The van der Waals surface area contributed by atoms with Crippen LogP contribution in [0, 0.1) is 23.7 Å². The van der Waals surface area contributed by atoms with E-state index in [4.69, 9.17) is 21.1 Å². The van der Waals surface area contributed by atoms with Crippen LogP contribution in [0.1, 0.15) is 0 Å². The van der Waals surface area contributed by atoms with Crippen LogP contribution < -0.4 is 0 Å². The first kappa shape index (κ1) is 24.6. The van der Waals surface area contributed by atoms with E-state index in [1.807, 2.05) is 11.6 Å². The van der Waals surface area contributed by atoms with Gasteiger partial charge in [-0.2, -0.15) is 4.98 Å². The van der Waals surface area contributed by atoms with Crippen LogP contribution >= 0.6 is 35.1 Å². The fourth-order valence-electron chi connectivity index (χ4n) is 3.42. The van der Waals surface area contributed by atoms with Crippen LogP contribution in [0.4, 0.5) is 0 Å². The molecular formula is C22H27ClN6O2S2. The summed E-state index contributed by atoms with van der Waals surface area (Å²) >= 11 is 9.32. The van der Waals surface area contributed by atoms with Crippen molar-refractivity contribution < 1.29 is 9.47 Å². The lowest BCUT2D eigenvalue weighted by molar-refractivity contribution is 0.0443. The van der Waals surface area contributed by atoms with E-state index in [2.05, 4.69) is 48.4 Å². The number of fused-ring (bicyclic) bond motifs is 1. The first-order valence-electron chi connectivity index (χ1n) is 10.9. The molecule has 0 aromatic carbocycles. The molecule has 2 fully saturated rings. The lowest BCUT2D eigenvalue weighted by Gasteiger charge is -2.24. The smallest absolute Gasteiger partial charge is 0.225 e. The maximum atomic E-state index is 6.16. The number of imidazole rings is 1. The molecule has 4 rings (SSSR count). The van der Waals surface area contributed by atoms with Gasteiger partial charge in [0.2, 0.25) is 5.28 Å². The number of nitrogens with zero attached hydrogens (tertiary/aromatic N) is 6. The molecule has 0 N–H and O–H groups in total. The molecule has 33 heavy (non-hydrogen) atoms. The monoisotopic (exact) mass is 506 g/mol. The Balaban J connectivity index is 1.34. The summed E-state index contributed by atoms with van der Waals surface area (Å²) in [6.07, 6.45) is 0. The van der Waals surface area contributed by atoms with E-state index in [9.17, 15) is 0 Å². The molecule has 0 spiro atoms. The van der Waals surface area contributed by atoms with E-state index < -0.39 is 0 Å². The van der Waals surface area contributed by atoms with Crippen molar-refractivity contribution >= 4 is 46.3 Å². The zero-order valence-corrected chi connectivity index (χ0v) is 21.1. The number of aromatic nitrogens is 4. The van der Waals surface area contributed by atoms with Gasteiger partial charge in [-0.3, -0.25) is 9.80 Å². The predicted molar refractivity (Wildman–Crippen MR) is 133 cm³/mol. The summed E-state index contributed by atoms with van der Waals surface area (Å²) in [5.74, 6) is 14.2. The van der Waals surface area contributed by atoms with E-state index in [1.165, 1.54) is 0 Å². The summed E-state index contributed by atoms with van der Waals surface area (Å²) in [6.45, 7) is 8.48. The van der Waals surface area contributed by atoms with E-state index >= 15 is 0 Å². The highest BCUT2D eigenvalue weighted by molar-refractivity contribution is 7.99. The minimum Gasteiger partial charge on any atom is -0.379 e. The highest BCUT2D eigenvalue weighted by Crippen LogP contribution is 2.29. The molecule has 0 amide bonds. The quantitative estimate of drug-likeness (QED) is 0.253. The van der Waals surface area contributed by atoms with Crippen molar-refractivity contribution in [1.29, 1.82) is 0 Å². The van der Waals surface area contributed by atoms with Gasteiger partial charge in [0.15, 0.2) is 10.8 Å². The Hall–Kier alpha value is -1.50. The van der Waals surface area contributed by atoms with Gasteiger partial charge in [-0.1, -0.05) is 47.2 Å². The van der Waals surface area contributed by atoms with Gasteiger partial charge in [-0.05, 0) is 11.6 Å². The number of rotatable bonds is 6. The maximum Gasteiger partial charge on any atom is 0.225 e. The molecule has 8 nitrogen and oxygen atoms in total. The predicted octanol–water partition coefficient (Wildman–Crippen LogP) is 1.87. The van der Waals surface area contributed by atoms with Gasteiger partial charge in [0.25, 0.3) is 0 Å². The van der Waals surface area contributed by atoms with Gasteiger partial charge in [0.1, 0.15) is 10.5 Å². The maximum absolute atomic E-state index is 6.16. The molecule has 2 saturated heterocycles. The zero-order chi connectivity index (χ0) is 22.9. The SMILES string of the molecule is Cn1c(SCC#CCN2CCOCC2)nc2nc(Cl)nc(SCC#CCN3CCOCC3)c21. The Kier molecular flexibility index (Phi) is 9.56. The summed E-state index contributed by atoms with van der Waals surface area (Å²) in [5.41, 5.74) is 1.48. The van der Waals surface area contributed by atoms with Gasteiger partial charge in [-0.15, -0.1) is 0 Å². The molecule has 2 aliphatic heterocycles. The molecule has 0 atom stereocenters. The number of hydrogen-bond donors (Lipinski definition) is 0. The van der Waals surface area contributed by atoms with Crippen LogP contribution in [0.2, 0.25) is 5.28 Å². The summed E-state index contributed by atoms with van der Waals surface area (Å²) < 4.78 is 12.8. The summed E-state index contributed by atoms with van der Waals surface area (Å²) in [5, 5.41) is 1.85. The highest BCUT2D eigenvalue weighted by Gasteiger charge is 2.16. The van der Waals surface area contributed by atoms with Gasteiger partial charge in [-0.25, -0.2) is 9.97 Å². The van der Waals surface area contributed by atoms with Gasteiger partial charge < -0.3 is 14.0 Å². The number of thioether (sulfide) groups is 2. The first-order valence-corrected chi connectivity index (χ1v) is 13.2. The second-order valence-electron chi connectivity index (χ2n) is 7.48. The van der Waals surface area contributed by atoms with Crippen molar-refractivity contribution in [3.8, 4) is 23.7 Å². The topological polar surface area (TPSA) is 68.5 Å². The lowest BCUT2D eigenvalue weighted by atomic mass is 10.4. The molecule has 0 radical (unpaired) electrons. The van der Waals surface area contributed by atoms with Crippen LogP contribution in [-0.4, -0.2) is 107 Å². The number of ether oxygens (including phenoxy) is 2. The third kappa shape index (κ3) is 7.24. The highest BCUT2D eigenvalue weighted by atomic mass is 35.5. The van der Waals surface area contributed by atoms with Crippen LogP contribution in [0.25, 0.3) is 11.2 Å². The standard InChI is InChI=1S/C22H27ClN6O2S2/c1-27-18-19(25-22(27)33-17-5-3-7-29-10-14-31-15-11-29)24-21(23)26-20(18)32-16-4-2-6-28-8-12-30-13-9-28/h6-17H2,1H3. The summed E-state index contributed by atoms with van der Waals surface area (Å²) in [6, 6.07) is 0. The van der Waals surface area contributed by atoms with Crippen molar-refractivity contribution in [1.82, 2.24) is 29.3 Å². The molecule has 176 valence electrons. The van der Waals surface area contributed by atoms with E-state index in [-0.39, 0.29) is 5.28 Å². The van der Waals surface area contributed by atoms with Gasteiger partial charge in [0, 0.05) is 33.2 Å². The van der Waals surface area contributed by atoms with E-state index in [1.54, 1.807) is 23.5 Å². The number of morpholine rings is 2. The molecule has 2 aromatic rings. The Bertz CT molecular complexity index is 1060. The van der Waals surface area contributed by atoms with Crippen molar-refractivity contribution in [2.45, 2.75) is 10.2 Å². The Morgan fingerprint density at radius 1 is 0.818 bits per heavy atom. The third-order valence-electron chi connectivity index (χ3n) is 5.25. The zero-order valence-electron chi connectivity index (χ0n) is 18.7. The van der Waals surface area contributed by atoms with Crippen molar-refractivity contribution in [2.75, 3.05) is 77.2 Å². The fraction of sp³-hybridized carbons (Fsp3) is 0.591. The molecular weight excluding hydrogens is 480 g/mol. The average Bonchev–Trinajstić information content (AvgIpc) is 3.15. The third-order valence-corrected chi connectivity index (χ3v) is 7.18. The van der Waals surface area contributed by atoms with Crippen molar-refractivity contribution in [3.05, 3.63) is 5.28 Å². The fourth-order valence-corrected chi connectivity index (χ4v) is 5.20. The second-order valence-corrected chi connectivity index (χ2v) is 9.73.